The number of hydrogen-bond acceptors (Lipinski definition) is 10. The Morgan fingerprint density at radius 3 is 2.42 bits per heavy atom. The van der Waals surface area contributed by atoms with Crippen molar-refractivity contribution in [2.45, 2.75) is 25.9 Å². The SMILES string of the molecule is COC(=O)C1=C(C)NC(C)=C(C(=O)OCCN(C)CC2COc3ccccc3O2)C1c1cccc([N+](=O)[O-])c1.Cl. The van der Waals surface area contributed by atoms with Crippen LogP contribution in [0.3, 0.4) is 0 Å². The normalized spacial score (nSPS) is 18.0. The van der Waals surface area contributed by atoms with Gasteiger partial charge in [0.25, 0.3) is 5.69 Å². The summed E-state index contributed by atoms with van der Waals surface area (Å²) >= 11 is 0. The number of likely N-dealkylation sites (N-methyl/N-ethyl adjacent to an activating group) is 1. The minimum atomic E-state index is -0.906. The van der Waals surface area contributed by atoms with E-state index in [0.29, 0.717) is 48.2 Å². The summed E-state index contributed by atoms with van der Waals surface area (Å²) in [6, 6.07) is 13.3. The molecule has 0 fully saturated rings. The quantitative estimate of drug-likeness (QED) is 0.269. The lowest BCUT2D eigenvalue weighted by molar-refractivity contribution is -0.384. The molecule has 2 aromatic rings. The van der Waals surface area contributed by atoms with Gasteiger partial charge in [0.1, 0.15) is 19.3 Å². The average molecular weight is 574 g/mol. The largest absolute Gasteiger partial charge is 0.486 e. The monoisotopic (exact) mass is 573 g/mol. The van der Waals surface area contributed by atoms with E-state index in [0.717, 1.165) is 0 Å². The number of non-ortho nitro benzene ring substituents is 1. The molecule has 12 heteroatoms. The van der Waals surface area contributed by atoms with Crippen LogP contribution in [0.15, 0.2) is 71.1 Å². The summed E-state index contributed by atoms with van der Waals surface area (Å²) in [5.41, 5.74) is 1.59. The second kappa shape index (κ2) is 13.3. The molecule has 2 atom stereocenters. The first kappa shape index (κ1) is 30.5. The van der Waals surface area contributed by atoms with E-state index in [2.05, 4.69) is 5.32 Å². The predicted molar refractivity (Wildman–Crippen MR) is 148 cm³/mol. The lowest BCUT2D eigenvalue weighted by Gasteiger charge is -2.31. The Morgan fingerprint density at radius 2 is 1.75 bits per heavy atom. The number of nitro groups is 1. The number of halogens is 1. The first-order valence-corrected chi connectivity index (χ1v) is 12.4. The number of ether oxygens (including phenoxy) is 4. The number of rotatable bonds is 9. The minimum Gasteiger partial charge on any atom is -0.486 e. The van der Waals surface area contributed by atoms with Crippen molar-refractivity contribution >= 4 is 30.0 Å². The van der Waals surface area contributed by atoms with Crippen LogP contribution in [0.5, 0.6) is 11.5 Å². The van der Waals surface area contributed by atoms with Crippen molar-refractivity contribution in [1.82, 2.24) is 10.2 Å². The van der Waals surface area contributed by atoms with E-state index in [4.69, 9.17) is 18.9 Å². The summed E-state index contributed by atoms with van der Waals surface area (Å²) in [6.07, 6.45) is -0.179. The third-order valence-corrected chi connectivity index (χ3v) is 6.59. The smallest absolute Gasteiger partial charge is 0.336 e. The van der Waals surface area contributed by atoms with E-state index in [1.165, 1.54) is 25.3 Å². The van der Waals surface area contributed by atoms with Crippen LogP contribution >= 0.6 is 12.4 Å². The van der Waals surface area contributed by atoms with Crippen LogP contribution in [0.1, 0.15) is 25.3 Å². The number of allylic oxidation sites excluding steroid dienone is 2. The number of benzene rings is 2. The van der Waals surface area contributed by atoms with Gasteiger partial charge in [-0.05, 0) is 38.6 Å². The molecule has 40 heavy (non-hydrogen) atoms. The molecule has 0 amide bonds. The van der Waals surface area contributed by atoms with Crippen LogP contribution in [0.25, 0.3) is 0 Å². The highest BCUT2D eigenvalue weighted by Crippen LogP contribution is 2.40. The second-order valence-corrected chi connectivity index (χ2v) is 9.37. The Morgan fingerprint density at radius 1 is 1.07 bits per heavy atom. The van der Waals surface area contributed by atoms with Gasteiger partial charge in [-0.3, -0.25) is 15.0 Å². The Hall–Kier alpha value is -4.09. The predicted octanol–water partition coefficient (Wildman–Crippen LogP) is 3.74. The summed E-state index contributed by atoms with van der Waals surface area (Å²) in [7, 11) is 3.13. The van der Waals surface area contributed by atoms with Gasteiger partial charge < -0.3 is 24.3 Å². The highest BCUT2D eigenvalue weighted by molar-refractivity contribution is 5.99. The fourth-order valence-corrected chi connectivity index (χ4v) is 4.76. The molecule has 4 rings (SSSR count). The number of para-hydroxylation sites is 2. The summed E-state index contributed by atoms with van der Waals surface area (Å²) in [6.45, 7) is 4.85. The van der Waals surface area contributed by atoms with Gasteiger partial charge in [0.05, 0.1) is 29.1 Å². The van der Waals surface area contributed by atoms with E-state index in [1.807, 2.05) is 36.2 Å². The third-order valence-electron chi connectivity index (χ3n) is 6.59. The summed E-state index contributed by atoms with van der Waals surface area (Å²) < 4.78 is 22.4. The van der Waals surface area contributed by atoms with Gasteiger partial charge >= 0.3 is 11.9 Å². The molecule has 214 valence electrons. The number of carbonyl (C=O) groups excluding carboxylic acids is 2. The number of dihydropyridines is 1. The van der Waals surface area contributed by atoms with Crippen molar-refractivity contribution < 1.29 is 33.5 Å². The van der Waals surface area contributed by atoms with Crippen molar-refractivity contribution in [3.63, 3.8) is 0 Å². The van der Waals surface area contributed by atoms with Crippen LogP contribution in [0.2, 0.25) is 0 Å². The summed E-state index contributed by atoms with van der Waals surface area (Å²) in [5.74, 6) is -0.784. The number of nitro benzene ring substituents is 1. The number of hydrogen-bond donors (Lipinski definition) is 1. The molecule has 0 aliphatic carbocycles. The molecule has 0 radical (unpaired) electrons. The zero-order chi connectivity index (χ0) is 28.1. The average Bonchev–Trinajstić information content (AvgIpc) is 2.92. The zero-order valence-corrected chi connectivity index (χ0v) is 23.5. The number of fused-ring (bicyclic) bond motifs is 1. The van der Waals surface area contributed by atoms with Crippen LogP contribution in [0.4, 0.5) is 5.69 Å². The number of esters is 2. The van der Waals surface area contributed by atoms with Gasteiger partial charge in [-0.15, -0.1) is 12.4 Å². The van der Waals surface area contributed by atoms with E-state index in [1.54, 1.807) is 19.9 Å². The van der Waals surface area contributed by atoms with Gasteiger partial charge in [-0.2, -0.15) is 0 Å². The van der Waals surface area contributed by atoms with Gasteiger partial charge in [-0.25, -0.2) is 9.59 Å². The fraction of sp³-hybridized carbons (Fsp3) is 0.357. The lowest BCUT2D eigenvalue weighted by atomic mass is 9.80. The van der Waals surface area contributed by atoms with Crippen molar-refractivity contribution in [3.8, 4) is 11.5 Å². The van der Waals surface area contributed by atoms with Crippen molar-refractivity contribution in [3.05, 3.63) is 86.7 Å². The molecule has 0 spiro atoms. The van der Waals surface area contributed by atoms with Gasteiger partial charge in [0, 0.05) is 36.6 Å². The maximum Gasteiger partial charge on any atom is 0.336 e. The van der Waals surface area contributed by atoms with Crippen molar-refractivity contribution in [2.24, 2.45) is 0 Å². The molecule has 2 heterocycles. The first-order valence-electron chi connectivity index (χ1n) is 12.4. The second-order valence-electron chi connectivity index (χ2n) is 9.37. The molecule has 0 saturated carbocycles. The molecule has 0 aromatic heterocycles. The maximum absolute atomic E-state index is 13.4. The molecule has 2 aromatic carbocycles. The van der Waals surface area contributed by atoms with Gasteiger partial charge in [0.15, 0.2) is 11.5 Å². The molecule has 2 aliphatic rings. The summed E-state index contributed by atoms with van der Waals surface area (Å²) in [5, 5.41) is 14.5. The molecular weight excluding hydrogens is 542 g/mol. The van der Waals surface area contributed by atoms with Crippen LogP contribution < -0.4 is 14.8 Å². The Balaban J connectivity index is 0.00000441. The highest BCUT2D eigenvalue weighted by atomic mass is 35.5. The fourth-order valence-electron chi connectivity index (χ4n) is 4.76. The lowest BCUT2D eigenvalue weighted by Crippen LogP contribution is -2.40. The number of carbonyl (C=O) groups is 2. The molecule has 0 bridgehead atoms. The minimum absolute atomic E-state index is 0. The van der Waals surface area contributed by atoms with Gasteiger partial charge in [0.2, 0.25) is 0 Å². The number of methoxy groups -OCH3 is 1. The molecule has 11 nitrogen and oxygen atoms in total. The maximum atomic E-state index is 13.4. The number of nitrogens with zero attached hydrogens (tertiary/aromatic N) is 2. The molecule has 1 N–H and O–H groups in total. The van der Waals surface area contributed by atoms with E-state index in [-0.39, 0.29) is 42.0 Å². The molecular formula is C28H32ClN3O8. The molecule has 0 saturated heterocycles. The third kappa shape index (κ3) is 6.72. The van der Waals surface area contributed by atoms with Crippen molar-refractivity contribution in [2.75, 3.05) is 40.5 Å². The van der Waals surface area contributed by atoms with Gasteiger partial charge in [-0.1, -0.05) is 24.3 Å². The van der Waals surface area contributed by atoms with E-state index in [9.17, 15) is 19.7 Å². The Bertz CT molecular complexity index is 1340. The van der Waals surface area contributed by atoms with Crippen LogP contribution in [-0.2, 0) is 19.1 Å². The molecule has 2 unspecified atom stereocenters. The summed E-state index contributed by atoms with van der Waals surface area (Å²) in [4.78, 5) is 39.0. The van der Waals surface area contributed by atoms with Crippen molar-refractivity contribution in [1.29, 1.82) is 0 Å². The van der Waals surface area contributed by atoms with Crippen LogP contribution in [0, 0.1) is 10.1 Å². The standard InChI is InChI=1S/C28H31N3O8.ClH/c1-17-24(27(32)36-4)26(19-8-7-9-20(14-19)31(34)35)25(18(2)29-17)28(33)37-13-12-30(3)15-21-16-38-22-10-5-6-11-23(22)39-21;/h5-11,14,21,26,29H,12-13,15-16H2,1-4H3;1H. The molecule has 2 aliphatic heterocycles. The van der Waals surface area contributed by atoms with E-state index >= 15 is 0 Å². The number of nitrogens with one attached hydrogen (secondary N) is 1. The van der Waals surface area contributed by atoms with E-state index < -0.39 is 22.8 Å². The zero-order valence-electron chi connectivity index (χ0n) is 22.7. The van der Waals surface area contributed by atoms with Crippen LogP contribution in [-0.4, -0.2) is 68.3 Å². The highest BCUT2D eigenvalue weighted by Gasteiger charge is 2.38. The Kier molecular flexibility index (Phi) is 10.1. The Labute approximate surface area is 238 Å². The first-order chi connectivity index (χ1) is 18.7. The topological polar surface area (TPSA) is 129 Å².